The molecule has 160 valence electrons. The maximum absolute atomic E-state index is 12.5. The number of hydrazine groups is 1. The van der Waals surface area contributed by atoms with Crippen molar-refractivity contribution in [3.8, 4) is 11.5 Å². The van der Waals surface area contributed by atoms with Crippen LogP contribution in [0.2, 0.25) is 5.02 Å². The number of amides is 3. The van der Waals surface area contributed by atoms with Gasteiger partial charge in [0, 0.05) is 10.6 Å². The smallest absolute Gasteiger partial charge is 0.273 e. The molecular formula is C21H24ClN3O5. The van der Waals surface area contributed by atoms with Crippen molar-refractivity contribution in [3.63, 3.8) is 0 Å². The molecule has 0 fully saturated rings. The molecule has 0 radical (unpaired) electrons. The van der Waals surface area contributed by atoms with Gasteiger partial charge in [-0.3, -0.25) is 25.2 Å². The predicted octanol–water partition coefficient (Wildman–Crippen LogP) is 2.66. The third-order valence-electron chi connectivity index (χ3n) is 4.17. The van der Waals surface area contributed by atoms with Crippen molar-refractivity contribution in [2.75, 3.05) is 6.61 Å². The second-order valence-electron chi connectivity index (χ2n) is 6.76. The number of rotatable bonds is 7. The number of hydrogen-bond acceptors (Lipinski definition) is 5. The molecule has 0 aliphatic rings. The Bertz CT molecular complexity index is 915. The third-order valence-corrected chi connectivity index (χ3v) is 4.40. The van der Waals surface area contributed by atoms with Crippen molar-refractivity contribution in [2.24, 2.45) is 5.92 Å². The molecule has 30 heavy (non-hydrogen) atoms. The average Bonchev–Trinajstić information content (AvgIpc) is 2.72. The minimum atomic E-state index is -0.905. The number of phenolic OH excluding ortho intramolecular Hbond substituents is 1. The molecular weight excluding hydrogens is 410 g/mol. The number of hydrogen-bond donors (Lipinski definition) is 4. The molecule has 4 N–H and O–H groups in total. The Hall–Kier alpha value is -3.26. The minimum absolute atomic E-state index is 0.0951. The summed E-state index contributed by atoms with van der Waals surface area (Å²) in [4.78, 5) is 37.2. The Kier molecular flexibility index (Phi) is 8.06. The van der Waals surface area contributed by atoms with E-state index in [9.17, 15) is 19.5 Å². The van der Waals surface area contributed by atoms with E-state index < -0.39 is 23.8 Å². The Labute approximate surface area is 179 Å². The lowest BCUT2D eigenvalue weighted by Gasteiger charge is -2.22. The Morgan fingerprint density at radius 3 is 2.30 bits per heavy atom. The fourth-order valence-corrected chi connectivity index (χ4v) is 2.75. The quantitative estimate of drug-likeness (QED) is 0.501. The number of phenols is 1. The summed E-state index contributed by atoms with van der Waals surface area (Å²) in [7, 11) is 0. The van der Waals surface area contributed by atoms with Crippen LogP contribution in [0.15, 0.2) is 42.5 Å². The van der Waals surface area contributed by atoms with Crippen LogP contribution in [-0.4, -0.2) is 35.5 Å². The monoisotopic (exact) mass is 433 g/mol. The van der Waals surface area contributed by atoms with Crippen molar-refractivity contribution < 1.29 is 24.2 Å². The summed E-state index contributed by atoms with van der Waals surface area (Å²) in [6, 6.07) is 9.59. The number of carbonyl (C=O) groups is 3. The molecule has 0 saturated heterocycles. The van der Waals surface area contributed by atoms with E-state index in [1.807, 2.05) is 6.92 Å². The highest BCUT2D eigenvalue weighted by Crippen LogP contribution is 2.21. The first-order chi connectivity index (χ1) is 14.2. The van der Waals surface area contributed by atoms with Gasteiger partial charge >= 0.3 is 0 Å². The van der Waals surface area contributed by atoms with Gasteiger partial charge < -0.3 is 15.2 Å². The molecule has 0 bridgehead atoms. The average molecular weight is 434 g/mol. The van der Waals surface area contributed by atoms with E-state index in [0.717, 1.165) is 0 Å². The van der Waals surface area contributed by atoms with Crippen molar-refractivity contribution in [3.05, 3.63) is 58.6 Å². The van der Waals surface area contributed by atoms with Crippen LogP contribution in [-0.2, 0) is 4.79 Å². The first-order valence-corrected chi connectivity index (χ1v) is 9.73. The van der Waals surface area contributed by atoms with Gasteiger partial charge in [-0.05, 0) is 55.3 Å². The second kappa shape index (κ2) is 10.5. The van der Waals surface area contributed by atoms with Crippen molar-refractivity contribution in [1.82, 2.24) is 16.2 Å². The van der Waals surface area contributed by atoms with E-state index in [1.165, 1.54) is 18.2 Å². The Balaban J connectivity index is 2.01. The second-order valence-corrected chi connectivity index (χ2v) is 7.19. The van der Waals surface area contributed by atoms with Crippen LogP contribution >= 0.6 is 11.6 Å². The van der Waals surface area contributed by atoms with Crippen LogP contribution in [0.3, 0.4) is 0 Å². The minimum Gasteiger partial charge on any atom is -0.507 e. The SMILES string of the molecule is CCOc1ccc(C(=O)N[C@H](C(=O)NNC(=O)c2cc(Cl)ccc2O)C(C)C)cc1. The van der Waals surface area contributed by atoms with Gasteiger partial charge in [0.25, 0.3) is 17.7 Å². The molecule has 0 aromatic heterocycles. The van der Waals surface area contributed by atoms with Gasteiger partial charge in [0.15, 0.2) is 0 Å². The van der Waals surface area contributed by atoms with Crippen molar-refractivity contribution in [2.45, 2.75) is 26.8 Å². The summed E-state index contributed by atoms with van der Waals surface area (Å²) < 4.78 is 5.34. The summed E-state index contributed by atoms with van der Waals surface area (Å²) in [5, 5.41) is 12.7. The van der Waals surface area contributed by atoms with Crippen molar-refractivity contribution in [1.29, 1.82) is 0 Å². The summed E-state index contributed by atoms with van der Waals surface area (Å²) in [5.74, 6) is -1.70. The van der Waals surface area contributed by atoms with E-state index in [0.29, 0.717) is 17.9 Å². The highest BCUT2D eigenvalue weighted by atomic mass is 35.5. The van der Waals surface area contributed by atoms with Crippen LogP contribution in [0.5, 0.6) is 11.5 Å². The van der Waals surface area contributed by atoms with Gasteiger partial charge in [0.2, 0.25) is 0 Å². The number of carbonyl (C=O) groups excluding carboxylic acids is 3. The van der Waals surface area contributed by atoms with Gasteiger partial charge in [0.05, 0.1) is 12.2 Å². The molecule has 9 heteroatoms. The third kappa shape index (κ3) is 6.12. The highest BCUT2D eigenvalue weighted by Gasteiger charge is 2.25. The van der Waals surface area contributed by atoms with E-state index >= 15 is 0 Å². The first kappa shape index (κ1) is 23.0. The van der Waals surface area contributed by atoms with Crippen LogP contribution in [0, 0.1) is 5.92 Å². The molecule has 0 spiro atoms. The molecule has 1 atom stereocenters. The summed E-state index contributed by atoms with van der Waals surface area (Å²) in [5.41, 5.74) is 4.75. The number of ether oxygens (including phenoxy) is 1. The normalized spacial score (nSPS) is 11.5. The summed E-state index contributed by atoms with van der Waals surface area (Å²) >= 11 is 5.82. The molecule has 2 rings (SSSR count). The number of nitrogens with one attached hydrogen (secondary N) is 3. The number of halogens is 1. The fraction of sp³-hybridized carbons (Fsp3) is 0.286. The lowest BCUT2D eigenvalue weighted by atomic mass is 10.0. The lowest BCUT2D eigenvalue weighted by molar-refractivity contribution is -0.124. The van der Waals surface area contributed by atoms with Gasteiger partial charge in [0.1, 0.15) is 17.5 Å². The number of aromatic hydroxyl groups is 1. The maximum atomic E-state index is 12.5. The molecule has 0 saturated carbocycles. The summed E-state index contributed by atoms with van der Waals surface area (Å²) in [6.07, 6.45) is 0. The number of benzene rings is 2. The Morgan fingerprint density at radius 1 is 1.03 bits per heavy atom. The van der Waals surface area contributed by atoms with Crippen LogP contribution in [0.1, 0.15) is 41.5 Å². The molecule has 0 heterocycles. The molecule has 0 unspecified atom stereocenters. The molecule has 3 amide bonds. The molecule has 0 aliphatic heterocycles. The Morgan fingerprint density at radius 2 is 1.70 bits per heavy atom. The van der Waals surface area contributed by atoms with Crippen LogP contribution in [0.25, 0.3) is 0 Å². The van der Waals surface area contributed by atoms with E-state index in [2.05, 4.69) is 16.2 Å². The highest BCUT2D eigenvalue weighted by molar-refractivity contribution is 6.31. The predicted molar refractivity (Wildman–Crippen MR) is 112 cm³/mol. The zero-order chi connectivity index (χ0) is 22.3. The largest absolute Gasteiger partial charge is 0.507 e. The first-order valence-electron chi connectivity index (χ1n) is 9.35. The maximum Gasteiger partial charge on any atom is 0.273 e. The zero-order valence-corrected chi connectivity index (χ0v) is 17.6. The lowest BCUT2D eigenvalue weighted by Crippen LogP contribution is -2.54. The molecule has 2 aromatic rings. The molecule has 0 aliphatic carbocycles. The topological polar surface area (TPSA) is 117 Å². The molecule has 8 nitrogen and oxygen atoms in total. The van der Waals surface area contributed by atoms with Gasteiger partial charge in [-0.1, -0.05) is 25.4 Å². The van der Waals surface area contributed by atoms with Gasteiger partial charge in [-0.15, -0.1) is 0 Å². The summed E-state index contributed by atoms with van der Waals surface area (Å²) in [6.45, 7) is 5.89. The van der Waals surface area contributed by atoms with Crippen LogP contribution in [0.4, 0.5) is 0 Å². The zero-order valence-electron chi connectivity index (χ0n) is 16.9. The van der Waals surface area contributed by atoms with Gasteiger partial charge in [-0.2, -0.15) is 0 Å². The standard InChI is InChI=1S/C21H24ClN3O5/c1-4-30-15-8-5-13(6-9-15)19(27)23-18(12(2)3)21(29)25-24-20(28)16-11-14(22)7-10-17(16)26/h5-12,18,26H,4H2,1-3H3,(H,23,27)(H,24,28)(H,25,29)/t18-/m0/s1. The molecule has 2 aromatic carbocycles. The van der Waals surface area contributed by atoms with Crippen LogP contribution < -0.4 is 20.9 Å². The van der Waals surface area contributed by atoms with Crippen molar-refractivity contribution >= 4 is 29.3 Å². The van der Waals surface area contributed by atoms with E-state index in [1.54, 1.807) is 38.1 Å². The van der Waals surface area contributed by atoms with Gasteiger partial charge in [-0.25, -0.2) is 0 Å². The van der Waals surface area contributed by atoms with E-state index in [4.69, 9.17) is 16.3 Å². The van der Waals surface area contributed by atoms with E-state index in [-0.39, 0.29) is 22.3 Å². The fourth-order valence-electron chi connectivity index (χ4n) is 2.58.